The van der Waals surface area contributed by atoms with Crippen molar-refractivity contribution in [3.05, 3.63) is 29.8 Å². The predicted octanol–water partition coefficient (Wildman–Crippen LogP) is 1.04. The third-order valence-electron chi connectivity index (χ3n) is 1.66. The number of para-hydroxylation sites is 1. The second-order valence-corrected chi connectivity index (χ2v) is 6.27. The smallest absolute Gasteiger partial charge is 0.399 e. The van der Waals surface area contributed by atoms with Crippen LogP contribution < -0.4 is 5.73 Å². The third kappa shape index (κ3) is 4.01. The first-order chi connectivity index (χ1) is 6.49. The van der Waals surface area contributed by atoms with Crippen molar-refractivity contribution in [2.75, 3.05) is 11.5 Å². The second kappa shape index (κ2) is 4.70. The van der Waals surface area contributed by atoms with Gasteiger partial charge in [0.15, 0.2) is 5.75 Å². The molecule has 0 spiro atoms. The summed E-state index contributed by atoms with van der Waals surface area (Å²) in [4.78, 5) is 0. The van der Waals surface area contributed by atoms with Gasteiger partial charge in [0, 0.05) is 12.1 Å². The molecule has 0 aliphatic rings. The van der Waals surface area contributed by atoms with E-state index < -0.39 is 9.05 Å². The van der Waals surface area contributed by atoms with E-state index in [9.17, 15) is 4.21 Å². The molecule has 4 nitrogen and oxygen atoms in total. The van der Waals surface area contributed by atoms with Gasteiger partial charge in [0.1, 0.15) is 0 Å². The van der Waals surface area contributed by atoms with Gasteiger partial charge in [-0.25, -0.2) is 0 Å². The number of rotatable bonds is 3. The number of nitrogen functional groups attached to an aromatic ring is 1. The van der Waals surface area contributed by atoms with E-state index in [-0.39, 0.29) is 0 Å². The predicted molar refractivity (Wildman–Crippen MR) is 60.2 cm³/mol. The van der Waals surface area contributed by atoms with Crippen molar-refractivity contribution in [3.63, 3.8) is 0 Å². The van der Waals surface area contributed by atoms with Crippen molar-refractivity contribution in [2.45, 2.75) is 6.42 Å². The van der Waals surface area contributed by atoms with Gasteiger partial charge in [-0.2, -0.15) is 4.21 Å². The van der Waals surface area contributed by atoms with Gasteiger partial charge in [0.2, 0.25) is 0 Å². The van der Waals surface area contributed by atoms with Crippen LogP contribution in [0.4, 0.5) is 5.69 Å². The summed E-state index contributed by atoms with van der Waals surface area (Å²) in [5.41, 5.74) is 7.25. The molecule has 78 valence electrons. The monoisotopic (exact) mass is 234 g/mol. The fourth-order valence-electron chi connectivity index (χ4n) is 1.02. The van der Waals surface area contributed by atoms with Crippen LogP contribution in [-0.4, -0.2) is 19.1 Å². The number of benzene rings is 1. The van der Waals surface area contributed by atoms with Crippen LogP contribution in [0.1, 0.15) is 5.56 Å². The Morgan fingerprint density at radius 3 is 2.57 bits per heavy atom. The number of anilines is 1. The Balaban J connectivity index is 2.64. The van der Waals surface area contributed by atoms with Crippen molar-refractivity contribution in [1.82, 2.24) is 0 Å². The zero-order valence-electron chi connectivity index (χ0n) is 7.42. The largest absolute Gasteiger partial charge is 0.430 e. The standard InChI is InChI=1S/C8H11NO3S2/c9-8-4-2-1-3-7(8)5-6-13-14(10,11)12/h1-4H,5-6,9H2,(H-,10,11,12)/p+1. The van der Waals surface area contributed by atoms with Crippen molar-refractivity contribution in [2.24, 2.45) is 0 Å². The number of hydrogen-bond acceptors (Lipinski definition) is 2. The summed E-state index contributed by atoms with van der Waals surface area (Å²) in [5.74, 6) is 0.361. The molecule has 0 atom stereocenters. The molecule has 0 heterocycles. The first-order valence-electron chi connectivity index (χ1n) is 3.96. The van der Waals surface area contributed by atoms with Gasteiger partial charge in [-0.3, -0.25) is 9.11 Å². The van der Waals surface area contributed by atoms with Gasteiger partial charge in [0.05, 0.1) is 0 Å². The van der Waals surface area contributed by atoms with E-state index in [1.54, 1.807) is 6.07 Å². The molecule has 0 bridgehead atoms. The highest BCUT2D eigenvalue weighted by atomic mass is 32.9. The highest BCUT2D eigenvalue weighted by molar-refractivity contribution is 8.34. The summed E-state index contributed by atoms with van der Waals surface area (Å²) in [6.45, 7) is 0. The van der Waals surface area contributed by atoms with Crippen LogP contribution in [0.25, 0.3) is 0 Å². The van der Waals surface area contributed by atoms with Crippen LogP contribution >= 0.6 is 0 Å². The molecule has 0 amide bonds. The Morgan fingerprint density at radius 2 is 2.00 bits per heavy atom. The molecule has 1 aromatic carbocycles. The SMILES string of the molecule is Nc1ccccc1CC[S+]=S(=O)(O)O. The molecule has 6 heteroatoms. The van der Waals surface area contributed by atoms with Gasteiger partial charge >= 0.3 is 9.05 Å². The van der Waals surface area contributed by atoms with E-state index in [1.807, 2.05) is 18.2 Å². The molecule has 0 saturated heterocycles. The summed E-state index contributed by atoms with van der Waals surface area (Å²) < 4.78 is 27.7. The average molecular weight is 234 g/mol. The van der Waals surface area contributed by atoms with Crippen LogP contribution in [0.3, 0.4) is 0 Å². The highest BCUT2D eigenvalue weighted by Crippen LogP contribution is 2.10. The number of aryl methyl sites for hydroxylation is 1. The normalized spacial score (nSPS) is 11.3. The minimum Gasteiger partial charge on any atom is -0.399 e. The van der Waals surface area contributed by atoms with Crippen LogP contribution in [0.15, 0.2) is 24.3 Å². The second-order valence-electron chi connectivity index (χ2n) is 2.72. The van der Waals surface area contributed by atoms with Crippen LogP contribution in [-0.2, 0) is 25.8 Å². The Labute approximate surface area is 86.4 Å². The van der Waals surface area contributed by atoms with Crippen molar-refractivity contribution in [3.8, 4) is 0 Å². The van der Waals surface area contributed by atoms with Gasteiger partial charge in [0.25, 0.3) is 10.3 Å². The zero-order valence-corrected chi connectivity index (χ0v) is 9.05. The zero-order chi connectivity index (χ0) is 10.6. The van der Waals surface area contributed by atoms with E-state index in [2.05, 4.69) is 0 Å². The quantitative estimate of drug-likeness (QED) is 0.539. The number of hydrogen-bond donors (Lipinski definition) is 3. The molecule has 0 unspecified atom stereocenters. The van der Waals surface area contributed by atoms with Gasteiger partial charge in [-0.05, 0) is 11.6 Å². The fraction of sp³-hybridized carbons (Fsp3) is 0.250. The maximum atomic E-state index is 10.5. The average Bonchev–Trinajstić information content (AvgIpc) is 2.06. The lowest BCUT2D eigenvalue weighted by atomic mass is 10.1. The summed E-state index contributed by atoms with van der Waals surface area (Å²) in [5, 5.41) is 0. The molecule has 0 aromatic heterocycles. The molecule has 0 aliphatic carbocycles. The van der Waals surface area contributed by atoms with Gasteiger partial charge in [-0.15, -0.1) is 0 Å². The summed E-state index contributed by atoms with van der Waals surface area (Å²) in [6, 6.07) is 7.31. The molecule has 4 N–H and O–H groups in total. The van der Waals surface area contributed by atoms with E-state index >= 15 is 0 Å². The Kier molecular flexibility index (Phi) is 3.82. The molecule has 0 radical (unpaired) electrons. The third-order valence-corrected chi connectivity index (χ3v) is 3.76. The topological polar surface area (TPSA) is 83.6 Å². The maximum Gasteiger partial charge on any atom is 0.430 e. The van der Waals surface area contributed by atoms with Gasteiger partial charge < -0.3 is 5.73 Å². The molecule has 0 aliphatic heterocycles. The van der Waals surface area contributed by atoms with Crippen molar-refractivity contribution >= 4 is 25.1 Å². The summed E-state index contributed by atoms with van der Waals surface area (Å²) in [7, 11) is -3.06. The number of nitrogens with two attached hydrogens (primary N) is 1. The fourth-order valence-corrected chi connectivity index (χ4v) is 2.44. The van der Waals surface area contributed by atoms with Crippen LogP contribution in [0.2, 0.25) is 0 Å². The summed E-state index contributed by atoms with van der Waals surface area (Å²) >= 11 is 0. The Morgan fingerprint density at radius 1 is 1.36 bits per heavy atom. The van der Waals surface area contributed by atoms with Crippen LogP contribution in [0, 0.1) is 0 Å². The first-order valence-corrected chi connectivity index (χ1v) is 6.93. The molecule has 0 saturated carbocycles. The lowest BCUT2D eigenvalue weighted by molar-refractivity contribution is 0.450. The Hall–Kier alpha value is -0.690. The maximum absolute atomic E-state index is 10.5. The molecule has 14 heavy (non-hydrogen) atoms. The van der Waals surface area contributed by atoms with Crippen molar-refractivity contribution in [1.29, 1.82) is 0 Å². The minimum atomic E-state index is -3.68. The molecule has 1 rings (SSSR count). The molecule has 0 fully saturated rings. The van der Waals surface area contributed by atoms with Crippen molar-refractivity contribution < 1.29 is 13.3 Å². The van der Waals surface area contributed by atoms with E-state index in [0.29, 0.717) is 28.2 Å². The van der Waals surface area contributed by atoms with E-state index in [4.69, 9.17) is 14.8 Å². The lowest BCUT2D eigenvalue weighted by Crippen LogP contribution is -2.02. The van der Waals surface area contributed by atoms with E-state index in [1.165, 1.54) is 0 Å². The Bertz CT molecular complexity index is 416. The highest BCUT2D eigenvalue weighted by Gasteiger charge is 2.10. The molecular weight excluding hydrogens is 222 g/mol. The molecular formula is C8H12NO3S2+. The van der Waals surface area contributed by atoms with Gasteiger partial charge in [-0.1, -0.05) is 18.2 Å². The molecule has 1 aromatic rings. The van der Waals surface area contributed by atoms with E-state index in [0.717, 1.165) is 5.56 Å². The minimum absolute atomic E-state index is 0.361. The van der Waals surface area contributed by atoms with Crippen LogP contribution in [0.5, 0.6) is 0 Å². The lowest BCUT2D eigenvalue weighted by Gasteiger charge is -1.98. The summed E-state index contributed by atoms with van der Waals surface area (Å²) in [6.07, 6.45) is 0.565. The first kappa shape index (κ1) is 11.4.